The number of amides is 1. The van der Waals surface area contributed by atoms with Gasteiger partial charge in [0.05, 0.1) is 4.90 Å². The molecule has 0 aromatic heterocycles. The Bertz CT molecular complexity index is 721. The van der Waals surface area contributed by atoms with Crippen molar-refractivity contribution in [3.8, 4) is 0 Å². The van der Waals surface area contributed by atoms with Crippen LogP contribution in [0.4, 0.5) is 0 Å². The van der Waals surface area contributed by atoms with Crippen LogP contribution in [0.1, 0.15) is 77.7 Å². The Balaban J connectivity index is 1.89. The predicted molar refractivity (Wildman–Crippen MR) is 114 cm³/mol. The average molecular weight is 409 g/mol. The fourth-order valence-corrected chi connectivity index (χ4v) is 5.14. The molecule has 5 nitrogen and oxygen atoms in total. The zero-order valence-electron chi connectivity index (χ0n) is 17.8. The van der Waals surface area contributed by atoms with Crippen LogP contribution < -0.4 is 5.32 Å². The quantitative estimate of drug-likeness (QED) is 0.620. The molecule has 1 N–H and O–H groups in total. The molecule has 1 fully saturated rings. The summed E-state index contributed by atoms with van der Waals surface area (Å²) in [6.07, 6.45) is 5.65. The highest BCUT2D eigenvalue weighted by atomic mass is 32.2. The molecule has 1 aromatic carbocycles. The number of carbonyl (C=O) groups is 1. The second-order valence-electron chi connectivity index (χ2n) is 8.31. The van der Waals surface area contributed by atoms with Gasteiger partial charge in [-0.2, -0.15) is 4.31 Å². The lowest BCUT2D eigenvalue weighted by Gasteiger charge is -2.31. The number of sulfonamides is 1. The summed E-state index contributed by atoms with van der Waals surface area (Å²) >= 11 is 0. The smallest absolute Gasteiger partial charge is 0.243 e. The van der Waals surface area contributed by atoms with Crippen LogP contribution in [0.15, 0.2) is 29.2 Å². The Labute approximate surface area is 170 Å². The average Bonchev–Trinajstić information content (AvgIpc) is 2.68. The zero-order valence-corrected chi connectivity index (χ0v) is 18.6. The minimum absolute atomic E-state index is 0.0716. The molecule has 1 saturated heterocycles. The number of hydrogen-bond acceptors (Lipinski definition) is 3. The molecule has 1 unspecified atom stereocenters. The number of carbonyl (C=O) groups excluding carboxylic acids is 1. The van der Waals surface area contributed by atoms with Crippen LogP contribution in [0.3, 0.4) is 0 Å². The number of nitrogens with zero attached hydrogens (tertiary/aromatic N) is 1. The normalized spacial score (nSPS) is 17.6. The molecule has 0 bridgehead atoms. The maximum absolute atomic E-state index is 12.9. The van der Waals surface area contributed by atoms with Gasteiger partial charge in [0.1, 0.15) is 0 Å². The van der Waals surface area contributed by atoms with E-state index in [0.717, 1.165) is 18.4 Å². The molecule has 158 valence electrons. The molecule has 1 atom stereocenters. The molecular formula is C22H36N2O3S. The molecule has 0 radical (unpaired) electrons. The lowest BCUT2D eigenvalue weighted by atomic mass is 9.96. The topological polar surface area (TPSA) is 66.5 Å². The Morgan fingerprint density at radius 3 is 2.25 bits per heavy atom. The van der Waals surface area contributed by atoms with Crippen molar-refractivity contribution < 1.29 is 13.2 Å². The number of benzene rings is 1. The van der Waals surface area contributed by atoms with E-state index in [4.69, 9.17) is 0 Å². The van der Waals surface area contributed by atoms with Crippen LogP contribution in [0, 0.1) is 5.92 Å². The molecule has 0 saturated carbocycles. The van der Waals surface area contributed by atoms with Crippen molar-refractivity contribution in [1.29, 1.82) is 0 Å². The van der Waals surface area contributed by atoms with Gasteiger partial charge < -0.3 is 5.32 Å². The third kappa shape index (κ3) is 6.05. The number of rotatable bonds is 9. The van der Waals surface area contributed by atoms with E-state index in [0.29, 0.717) is 36.7 Å². The van der Waals surface area contributed by atoms with E-state index in [1.54, 1.807) is 12.1 Å². The van der Waals surface area contributed by atoms with E-state index >= 15 is 0 Å². The number of unbranched alkanes of at least 4 members (excludes halogenated alkanes) is 2. The van der Waals surface area contributed by atoms with Gasteiger partial charge in [-0.1, -0.05) is 52.2 Å². The number of hydrogen-bond donors (Lipinski definition) is 1. The fraction of sp³-hybridized carbons (Fsp3) is 0.682. The van der Waals surface area contributed by atoms with E-state index in [1.165, 1.54) is 17.1 Å². The summed E-state index contributed by atoms with van der Waals surface area (Å²) in [5, 5.41) is 3.10. The maximum atomic E-state index is 12.9. The van der Waals surface area contributed by atoms with Crippen LogP contribution in [0.5, 0.6) is 0 Å². The fourth-order valence-electron chi connectivity index (χ4n) is 3.67. The van der Waals surface area contributed by atoms with Crippen LogP contribution in [0.2, 0.25) is 0 Å². The maximum Gasteiger partial charge on any atom is 0.243 e. The number of nitrogens with one attached hydrogen (secondary N) is 1. The molecule has 1 heterocycles. The summed E-state index contributed by atoms with van der Waals surface area (Å²) in [5.74, 6) is 0.348. The van der Waals surface area contributed by atoms with Gasteiger partial charge in [0.25, 0.3) is 0 Å². The second-order valence-corrected chi connectivity index (χ2v) is 10.2. The van der Waals surface area contributed by atoms with Gasteiger partial charge >= 0.3 is 0 Å². The van der Waals surface area contributed by atoms with Crippen LogP contribution in [0.25, 0.3) is 0 Å². The summed E-state index contributed by atoms with van der Waals surface area (Å²) in [5.41, 5.74) is 1.13. The molecule has 1 aliphatic heterocycles. The SMILES string of the molecule is CCCCCC(C)NC(=O)C1CCN(S(=O)(=O)c2ccc(C(C)C)cc2)CC1. The highest BCUT2D eigenvalue weighted by Crippen LogP contribution is 2.25. The number of piperidine rings is 1. The van der Waals surface area contributed by atoms with Crippen LogP contribution in [-0.4, -0.2) is 37.8 Å². The van der Waals surface area contributed by atoms with E-state index in [2.05, 4.69) is 26.1 Å². The highest BCUT2D eigenvalue weighted by molar-refractivity contribution is 7.89. The van der Waals surface area contributed by atoms with Crippen molar-refractivity contribution in [2.75, 3.05) is 13.1 Å². The first-order valence-corrected chi connectivity index (χ1v) is 12.1. The van der Waals surface area contributed by atoms with Crippen molar-refractivity contribution >= 4 is 15.9 Å². The van der Waals surface area contributed by atoms with Gasteiger partial charge in [-0.25, -0.2) is 8.42 Å². The molecule has 2 rings (SSSR count). The van der Waals surface area contributed by atoms with Gasteiger partial charge in [0.2, 0.25) is 15.9 Å². The van der Waals surface area contributed by atoms with Crippen molar-refractivity contribution in [2.45, 2.75) is 83.1 Å². The minimum Gasteiger partial charge on any atom is -0.353 e. The zero-order chi connectivity index (χ0) is 20.7. The first-order chi connectivity index (χ1) is 13.3. The van der Waals surface area contributed by atoms with Gasteiger partial charge in [-0.05, 0) is 49.8 Å². The standard InChI is InChI=1S/C22H36N2O3S/c1-5-6-7-8-18(4)23-22(25)20-13-15-24(16-14-20)28(26,27)21-11-9-19(10-12-21)17(2)3/h9-12,17-18,20H,5-8,13-16H2,1-4H3,(H,23,25). The first-order valence-electron chi connectivity index (χ1n) is 10.7. The third-order valence-electron chi connectivity index (χ3n) is 5.64. The van der Waals surface area contributed by atoms with Gasteiger partial charge in [-0.15, -0.1) is 0 Å². The van der Waals surface area contributed by atoms with E-state index in [-0.39, 0.29) is 17.9 Å². The molecule has 6 heteroatoms. The van der Waals surface area contributed by atoms with Gasteiger partial charge in [-0.3, -0.25) is 4.79 Å². The Morgan fingerprint density at radius 2 is 1.71 bits per heavy atom. The molecule has 1 amide bonds. The van der Waals surface area contributed by atoms with Crippen LogP contribution >= 0.6 is 0 Å². The van der Waals surface area contributed by atoms with Crippen molar-refractivity contribution in [1.82, 2.24) is 9.62 Å². The molecule has 1 aliphatic rings. The van der Waals surface area contributed by atoms with E-state index in [1.807, 2.05) is 19.1 Å². The summed E-state index contributed by atoms with van der Waals surface area (Å²) < 4.78 is 27.3. The summed E-state index contributed by atoms with van der Waals surface area (Å²) in [6.45, 7) is 9.19. The molecule has 28 heavy (non-hydrogen) atoms. The lowest BCUT2D eigenvalue weighted by molar-refractivity contribution is -0.126. The summed E-state index contributed by atoms with van der Waals surface area (Å²) in [7, 11) is -3.49. The van der Waals surface area contributed by atoms with Gasteiger partial charge in [0, 0.05) is 25.0 Å². The Hall–Kier alpha value is -1.40. The summed E-state index contributed by atoms with van der Waals surface area (Å²) in [6, 6.07) is 7.35. The molecule has 1 aromatic rings. The summed E-state index contributed by atoms with van der Waals surface area (Å²) in [4.78, 5) is 12.8. The third-order valence-corrected chi connectivity index (χ3v) is 7.55. The van der Waals surface area contributed by atoms with Crippen molar-refractivity contribution in [3.05, 3.63) is 29.8 Å². The van der Waals surface area contributed by atoms with Gasteiger partial charge in [0.15, 0.2) is 0 Å². The molecule has 0 spiro atoms. The van der Waals surface area contributed by atoms with E-state index < -0.39 is 10.0 Å². The van der Waals surface area contributed by atoms with Crippen molar-refractivity contribution in [3.63, 3.8) is 0 Å². The molecular weight excluding hydrogens is 372 g/mol. The van der Waals surface area contributed by atoms with Crippen molar-refractivity contribution in [2.24, 2.45) is 5.92 Å². The second kappa shape index (κ2) is 10.4. The first kappa shape index (κ1) is 22.9. The lowest BCUT2D eigenvalue weighted by Crippen LogP contribution is -2.44. The van der Waals surface area contributed by atoms with Crippen LogP contribution in [-0.2, 0) is 14.8 Å². The monoisotopic (exact) mass is 408 g/mol. The molecule has 0 aliphatic carbocycles. The Morgan fingerprint density at radius 1 is 1.11 bits per heavy atom. The minimum atomic E-state index is -3.49. The van der Waals surface area contributed by atoms with E-state index in [9.17, 15) is 13.2 Å². The largest absolute Gasteiger partial charge is 0.353 e. The predicted octanol–water partition coefficient (Wildman–Crippen LogP) is 4.30. The highest BCUT2D eigenvalue weighted by Gasteiger charge is 2.32. The Kier molecular flexibility index (Phi) is 8.50.